The zero-order valence-corrected chi connectivity index (χ0v) is 11.2. The second-order valence-corrected chi connectivity index (χ2v) is 5.27. The molecule has 0 spiro atoms. The van der Waals surface area contributed by atoms with Gasteiger partial charge >= 0.3 is 12.3 Å². The van der Waals surface area contributed by atoms with Gasteiger partial charge < -0.3 is 4.74 Å². The summed E-state index contributed by atoms with van der Waals surface area (Å²) in [5.41, 5.74) is 0.618. The number of halogens is 6. The average molecular weight is 348 g/mol. The summed E-state index contributed by atoms with van der Waals surface area (Å²) in [5.74, 6) is -3.97. The second kappa shape index (κ2) is 4.89. The molecule has 0 saturated carbocycles. The first-order valence-corrected chi connectivity index (χ1v) is 6.38. The molecule has 0 fully saturated rings. The van der Waals surface area contributed by atoms with E-state index in [-0.39, 0.29) is 16.3 Å². The van der Waals surface area contributed by atoms with Crippen molar-refractivity contribution < 1.29 is 22.3 Å². The Hall–Kier alpha value is -0.490. The van der Waals surface area contributed by atoms with E-state index in [2.05, 4.69) is 15.9 Å². The van der Waals surface area contributed by atoms with Crippen LogP contribution in [0.25, 0.3) is 0 Å². The van der Waals surface area contributed by atoms with Crippen LogP contribution >= 0.6 is 27.5 Å². The van der Waals surface area contributed by atoms with Gasteiger partial charge in [0.05, 0.1) is 6.61 Å². The first kappa shape index (κ1) is 13.9. The van der Waals surface area contributed by atoms with E-state index in [1.165, 1.54) is 6.07 Å². The Morgan fingerprint density at radius 2 is 2.00 bits per heavy atom. The standard InChI is InChI=1S/C11H8BrClF4O/c12-9(11(16,17)10(14)15)7-4-6(13)3-5-1-2-18-8(5)7/h3-4,9-10H,1-2H2. The van der Waals surface area contributed by atoms with E-state index in [1.807, 2.05) is 0 Å². The van der Waals surface area contributed by atoms with Gasteiger partial charge in [0, 0.05) is 17.0 Å². The number of benzene rings is 1. The van der Waals surface area contributed by atoms with Crippen LogP contribution < -0.4 is 4.74 Å². The van der Waals surface area contributed by atoms with Crippen molar-refractivity contribution >= 4 is 27.5 Å². The number of hydrogen-bond acceptors (Lipinski definition) is 1. The minimum absolute atomic E-state index is 0.0414. The molecule has 100 valence electrons. The van der Waals surface area contributed by atoms with E-state index in [4.69, 9.17) is 16.3 Å². The lowest BCUT2D eigenvalue weighted by Crippen LogP contribution is -2.31. The lowest BCUT2D eigenvalue weighted by molar-refractivity contribution is -0.128. The molecule has 0 bridgehead atoms. The number of rotatable bonds is 3. The second-order valence-electron chi connectivity index (χ2n) is 3.92. The van der Waals surface area contributed by atoms with Crippen LogP contribution in [0.5, 0.6) is 5.75 Å². The summed E-state index contributed by atoms with van der Waals surface area (Å²) in [5, 5.41) is 0.226. The van der Waals surface area contributed by atoms with E-state index in [9.17, 15) is 17.6 Å². The zero-order chi connectivity index (χ0) is 13.5. The summed E-state index contributed by atoms with van der Waals surface area (Å²) < 4.78 is 56.6. The summed E-state index contributed by atoms with van der Waals surface area (Å²) in [6, 6.07) is 2.81. The lowest BCUT2D eigenvalue weighted by Gasteiger charge is -2.23. The molecule has 1 aliphatic rings. The molecule has 2 rings (SSSR count). The summed E-state index contributed by atoms with van der Waals surface area (Å²) >= 11 is 8.42. The van der Waals surface area contributed by atoms with Gasteiger partial charge in [0.25, 0.3) is 0 Å². The normalized spacial score (nSPS) is 16.6. The molecule has 1 unspecified atom stereocenters. The molecule has 1 aliphatic heterocycles. The first-order valence-electron chi connectivity index (χ1n) is 5.09. The van der Waals surface area contributed by atoms with Gasteiger partial charge in [0.15, 0.2) is 0 Å². The molecule has 1 heterocycles. The third-order valence-corrected chi connectivity index (χ3v) is 4.00. The van der Waals surface area contributed by atoms with Crippen LogP contribution in [-0.2, 0) is 6.42 Å². The van der Waals surface area contributed by atoms with Crippen LogP contribution in [0.2, 0.25) is 5.02 Å². The van der Waals surface area contributed by atoms with Crippen molar-refractivity contribution in [3.63, 3.8) is 0 Å². The Balaban J connectivity index is 2.46. The zero-order valence-electron chi connectivity index (χ0n) is 8.90. The third kappa shape index (κ3) is 2.32. The maximum Gasteiger partial charge on any atom is 0.323 e. The molecule has 7 heteroatoms. The van der Waals surface area contributed by atoms with Gasteiger partial charge in [-0.2, -0.15) is 8.78 Å². The number of hydrogen-bond donors (Lipinski definition) is 0. The van der Waals surface area contributed by atoms with E-state index in [0.29, 0.717) is 18.6 Å². The van der Waals surface area contributed by atoms with E-state index in [0.717, 1.165) is 0 Å². The Kier molecular flexibility index (Phi) is 3.78. The van der Waals surface area contributed by atoms with E-state index in [1.54, 1.807) is 6.07 Å². The fraction of sp³-hybridized carbons (Fsp3) is 0.455. The molecule has 0 saturated heterocycles. The molecule has 0 N–H and O–H groups in total. The van der Waals surface area contributed by atoms with Crippen LogP contribution in [0.4, 0.5) is 17.6 Å². The molecule has 1 aromatic rings. The molecule has 0 amide bonds. The van der Waals surface area contributed by atoms with Crippen LogP contribution in [0.15, 0.2) is 12.1 Å². The number of alkyl halides is 5. The smallest absolute Gasteiger partial charge is 0.323 e. The van der Waals surface area contributed by atoms with Gasteiger partial charge in [0.2, 0.25) is 0 Å². The molecule has 1 nitrogen and oxygen atoms in total. The molecule has 0 aliphatic carbocycles. The third-order valence-electron chi connectivity index (χ3n) is 2.68. The molecule has 18 heavy (non-hydrogen) atoms. The highest BCUT2D eigenvalue weighted by molar-refractivity contribution is 9.09. The van der Waals surface area contributed by atoms with Gasteiger partial charge in [0.1, 0.15) is 10.6 Å². The van der Waals surface area contributed by atoms with Crippen molar-refractivity contribution in [2.45, 2.75) is 23.6 Å². The fourth-order valence-electron chi connectivity index (χ4n) is 1.80. The highest BCUT2D eigenvalue weighted by Gasteiger charge is 2.49. The Labute approximate surface area is 114 Å². The molecular weight excluding hydrogens is 339 g/mol. The predicted octanol–water partition coefficient (Wildman–Crippen LogP) is 4.61. The number of ether oxygens (including phenoxy) is 1. The molecule has 0 radical (unpaired) electrons. The van der Waals surface area contributed by atoms with Gasteiger partial charge in [-0.3, -0.25) is 0 Å². The summed E-state index contributed by atoms with van der Waals surface area (Å²) in [6.45, 7) is 0.336. The topological polar surface area (TPSA) is 9.23 Å². The van der Waals surface area contributed by atoms with Crippen molar-refractivity contribution in [3.05, 3.63) is 28.3 Å². The van der Waals surface area contributed by atoms with E-state index < -0.39 is 17.2 Å². The highest BCUT2D eigenvalue weighted by Crippen LogP contribution is 2.48. The van der Waals surface area contributed by atoms with Crippen LogP contribution in [0, 0.1) is 0 Å². The van der Waals surface area contributed by atoms with Crippen molar-refractivity contribution in [1.82, 2.24) is 0 Å². The first-order chi connectivity index (χ1) is 8.34. The van der Waals surface area contributed by atoms with Crippen molar-refractivity contribution in [1.29, 1.82) is 0 Å². The average Bonchev–Trinajstić information content (AvgIpc) is 2.74. The van der Waals surface area contributed by atoms with Crippen molar-refractivity contribution in [2.24, 2.45) is 0 Å². The van der Waals surface area contributed by atoms with Gasteiger partial charge in [-0.05, 0) is 17.7 Å². The lowest BCUT2D eigenvalue weighted by atomic mass is 10.0. The molecule has 1 aromatic carbocycles. The molecular formula is C11H8BrClF4O. The summed E-state index contributed by atoms with van der Waals surface area (Å²) in [4.78, 5) is -1.84. The maximum absolute atomic E-state index is 13.3. The Morgan fingerprint density at radius 3 is 2.61 bits per heavy atom. The van der Waals surface area contributed by atoms with Gasteiger partial charge in [-0.1, -0.05) is 27.5 Å². The largest absolute Gasteiger partial charge is 0.493 e. The highest BCUT2D eigenvalue weighted by atomic mass is 79.9. The quantitative estimate of drug-likeness (QED) is 0.573. The van der Waals surface area contributed by atoms with Crippen LogP contribution in [0.3, 0.4) is 0 Å². The van der Waals surface area contributed by atoms with Crippen molar-refractivity contribution in [3.8, 4) is 5.75 Å². The molecule has 0 aromatic heterocycles. The minimum Gasteiger partial charge on any atom is -0.493 e. The maximum atomic E-state index is 13.3. The number of fused-ring (bicyclic) bond motifs is 1. The summed E-state index contributed by atoms with van der Waals surface area (Å²) in [6.07, 6.45) is -3.24. The molecule has 1 atom stereocenters. The van der Waals surface area contributed by atoms with Gasteiger partial charge in [-0.25, -0.2) is 8.78 Å². The monoisotopic (exact) mass is 346 g/mol. The fourth-order valence-corrected chi connectivity index (χ4v) is 2.59. The predicted molar refractivity (Wildman–Crippen MR) is 63.3 cm³/mol. The SMILES string of the molecule is FC(F)C(F)(F)C(Br)c1cc(Cl)cc2c1OCC2. The van der Waals surface area contributed by atoms with E-state index >= 15 is 0 Å². The van der Waals surface area contributed by atoms with Crippen LogP contribution in [-0.4, -0.2) is 19.0 Å². The van der Waals surface area contributed by atoms with Crippen molar-refractivity contribution in [2.75, 3.05) is 6.61 Å². The van der Waals surface area contributed by atoms with Crippen LogP contribution in [0.1, 0.15) is 16.0 Å². The van der Waals surface area contributed by atoms with Gasteiger partial charge in [-0.15, -0.1) is 0 Å². The Bertz CT molecular complexity index is 467. The minimum atomic E-state index is -4.19. The summed E-state index contributed by atoms with van der Waals surface area (Å²) in [7, 11) is 0. The Morgan fingerprint density at radius 1 is 1.33 bits per heavy atom.